The summed E-state index contributed by atoms with van der Waals surface area (Å²) in [5, 5.41) is 3.34. The zero-order valence-electron chi connectivity index (χ0n) is 9.36. The highest BCUT2D eigenvalue weighted by Crippen LogP contribution is 2.05. The quantitative estimate of drug-likeness (QED) is 0.771. The van der Waals surface area contributed by atoms with Crippen molar-refractivity contribution in [3.63, 3.8) is 0 Å². The molecule has 4 heteroatoms. The number of nitrogens with one attached hydrogen (secondary N) is 1. The van der Waals surface area contributed by atoms with Gasteiger partial charge in [0.05, 0.1) is 6.26 Å². The lowest BCUT2D eigenvalue weighted by Gasteiger charge is -2.11. The Morgan fingerprint density at radius 1 is 1.60 bits per heavy atom. The van der Waals surface area contributed by atoms with Crippen LogP contribution in [0, 0.1) is 0 Å². The topological polar surface area (TPSA) is 42.2 Å². The lowest BCUT2D eigenvalue weighted by molar-refractivity contribution is 0.466. The molecule has 86 valence electrons. The summed E-state index contributed by atoms with van der Waals surface area (Å²) in [5.41, 5.74) is 0. The molecule has 0 spiro atoms. The van der Waals surface area contributed by atoms with Crippen molar-refractivity contribution >= 4 is 10.8 Å². The molecule has 2 unspecified atom stereocenters. The molecule has 1 aromatic rings. The normalized spacial score (nSPS) is 15.1. The van der Waals surface area contributed by atoms with Gasteiger partial charge in [0, 0.05) is 41.8 Å². The Labute approximate surface area is 93.7 Å². The molecule has 1 aromatic heterocycles. The summed E-state index contributed by atoms with van der Waals surface area (Å²) >= 11 is 0. The van der Waals surface area contributed by atoms with Crippen LogP contribution in [0.1, 0.15) is 19.1 Å². The zero-order chi connectivity index (χ0) is 11.1. The third-order valence-electron chi connectivity index (χ3n) is 2.29. The molecule has 1 rings (SSSR count). The summed E-state index contributed by atoms with van der Waals surface area (Å²) in [6.07, 6.45) is 5.43. The molecule has 0 saturated carbocycles. The lowest BCUT2D eigenvalue weighted by atomic mass is 10.1. The van der Waals surface area contributed by atoms with Crippen LogP contribution in [-0.2, 0) is 17.2 Å². The number of aryl methyl sites for hydroxylation is 1. The van der Waals surface area contributed by atoms with Crippen molar-refractivity contribution in [2.24, 2.45) is 0 Å². The van der Waals surface area contributed by atoms with Crippen LogP contribution in [0.15, 0.2) is 22.8 Å². The first-order valence-corrected chi connectivity index (χ1v) is 6.97. The van der Waals surface area contributed by atoms with Crippen molar-refractivity contribution < 1.29 is 8.63 Å². The van der Waals surface area contributed by atoms with E-state index in [9.17, 15) is 4.21 Å². The summed E-state index contributed by atoms with van der Waals surface area (Å²) in [6, 6.07) is 4.35. The second kappa shape index (κ2) is 6.80. The Morgan fingerprint density at radius 2 is 2.40 bits per heavy atom. The summed E-state index contributed by atoms with van der Waals surface area (Å²) in [4.78, 5) is 0. The Morgan fingerprint density at radius 3 is 3.00 bits per heavy atom. The third kappa shape index (κ3) is 5.74. The van der Waals surface area contributed by atoms with Crippen molar-refractivity contribution in [3.05, 3.63) is 24.2 Å². The van der Waals surface area contributed by atoms with Gasteiger partial charge in [-0.05, 0) is 25.5 Å². The van der Waals surface area contributed by atoms with Gasteiger partial charge in [-0.25, -0.2) is 0 Å². The van der Waals surface area contributed by atoms with Crippen molar-refractivity contribution in [1.29, 1.82) is 0 Å². The Balaban J connectivity index is 2.08. The second-order valence-corrected chi connectivity index (χ2v) is 5.31. The van der Waals surface area contributed by atoms with E-state index in [1.165, 1.54) is 0 Å². The van der Waals surface area contributed by atoms with Gasteiger partial charge < -0.3 is 9.73 Å². The van der Waals surface area contributed by atoms with E-state index in [-0.39, 0.29) is 0 Å². The molecule has 0 aromatic carbocycles. The smallest absolute Gasteiger partial charge is 0.103 e. The van der Waals surface area contributed by atoms with E-state index in [1.807, 2.05) is 12.1 Å². The van der Waals surface area contributed by atoms with Crippen LogP contribution in [0.2, 0.25) is 0 Å². The van der Waals surface area contributed by atoms with Crippen LogP contribution in [0.4, 0.5) is 0 Å². The average Bonchev–Trinajstić information content (AvgIpc) is 2.66. The molecule has 0 aliphatic carbocycles. The van der Waals surface area contributed by atoms with Crippen molar-refractivity contribution in [2.45, 2.75) is 25.8 Å². The predicted molar refractivity (Wildman–Crippen MR) is 63.4 cm³/mol. The lowest BCUT2D eigenvalue weighted by Crippen LogP contribution is -2.30. The van der Waals surface area contributed by atoms with Gasteiger partial charge in [0.15, 0.2) is 0 Å². The Hall–Kier alpha value is -0.610. The van der Waals surface area contributed by atoms with E-state index in [1.54, 1.807) is 12.5 Å². The highest BCUT2D eigenvalue weighted by atomic mass is 32.2. The van der Waals surface area contributed by atoms with Crippen LogP contribution in [-0.4, -0.2) is 28.8 Å². The molecule has 0 aliphatic heterocycles. The van der Waals surface area contributed by atoms with E-state index in [0.29, 0.717) is 6.04 Å². The molecule has 1 heterocycles. The maximum Gasteiger partial charge on any atom is 0.103 e. The van der Waals surface area contributed by atoms with Gasteiger partial charge in [0.2, 0.25) is 0 Å². The zero-order valence-corrected chi connectivity index (χ0v) is 10.2. The fraction of sp³-hybridized carbons (Fsp3) is 0.636. The second-order valence-electron chi connectivity index (χ2n) is 3.75. The molecule has 0 aliphatic rings. The van der Waals surface area contributed by atoms with Crippen LogP contribution in [0.3, 0.4) is 0 Å². The maximum atomic E-state index is 10.8. The van der Waals surface area contributed by atoms with Gasteiger partial charge in [0.25, 0.3) is 0 Å². The fourth-order valence-corrected chi connectivity index (χ4v) is 1.77. The largest absolute Gasteiger partial charge is 0.469 e. The van der Waals surface area contributed by atoms with E-state index >= 15 is 0 Å². The molecular weight excluding hydrogens is 210 g/mol. The minimum atomic E-state index is -0.696. The standard InChI is InChI=1S/C11H19NO2S/c1-10(12-7-9-15(2)13)5-6-11-4-3-8-14-11/h3-4,8,10,12H,5-7,9H2,1-2H3. The molecule has 2 atom stereocenters. The fourth-order valence-electron chi connectivity index (χ4n) is 1.36. The molecular formula is C11H19NO2S. The van der Waals surface area contributed by atoms with Crippen molar-refractivity contribution in [1.82, 2.24) is 5.32 Å². The minimum Gasteiger partial charge on any atom is -0.469 e. The van der Waals surface area contributed by atoms with Gasteiger partial charge in [-0.3, -0.25) is 4.21 Å². The number of rotatable bonds is 7. The van der Waals surface area contributed by atoms with Crippen LogP contribution in [0.5, 0.6) is 0 Å². The van der Waals surface area contributed by atoms with E-state index in [2.05, 4.69) is 12.2 Å². The van der Waals surface area contributed by atoms with Crippen LogP contribution in [0.25, 0.3) is 0 Å². The summed E-state index contributed by atoms with van der Waals surface area (Å²) in [6.45, 7) is 2.96. The maximum absolute atomic E-state index is 10.8. The average molecular weight is 229 g/mol. The van der Waals surface area contributed by atoms with Gasteiger partial charge in [-0.2, -0.15) is 0 Å². The van der Waals surface area contributed by atoms with Gasteiger partial charge in [-0.1, -0.05) is 0 Å². The van der Waals surface area contributed by atoms with E-state index in [0.717, 1.165) is 30.9 Å². The predicted octanol–water partition coefficient (Wildman–Crippen LogP) is 1.57. The van der Waals surface area contributed by atoms with Gasteiger partial charge in [0.1, 0.15) is 5.76 Å². The van der Waals surface area contributed by atoms with Gasteiger partial charge >= 0.3 is 0 Å². The molecule has 15 heavy (non-hydrogen) atoms. The first kappa shape index (κ1) is 12.5. The number of hydrogen-bond acceptors (Lipinski definition) is 3. The van der Waals surface area contributed by atoms with Crippen LogP contribution < -0.4 is 5.32 Å². The molecule has 1 N–H and O–H groups in total. The molecule has 3 nitrogen and oxygen atoms in total. The first-order valence-electron chi connectivity index (χ1n) is 5.24. The molecule has 0 radical (unpaired) electrons. The SMILES string of the molecule is CC(CCc1ccco1)NCCS(C)=O. The van der Waals surface area contributed by atoms with Crippen molar-refractivity contribution in [3.8, 4) is 0 Å². The van der Waals surface area contributed by atoms with Crippen LogP contribution >= 0.6 is 0 Å². The molecule has 0 amide bonds. The number of furan rings is 1. The summed E-state index contributed by atoms with van der Waals surface area (Å²) < 4.78 is 16.1. The summed E-state index contributed by atoms with van der Waals surface area (Å²) in [7, 11) is -0.696. The molecule has 0 fully saturated rings. The molecule has 0 bridgehead atoms. The Bertz CT molecular complexity index is 285. The van der Waals surface area contributed by atoms with Crippen molar-refractivity contribution in [2.75, 3.05) is 18.6 Å². The van der Waals surface area contributed by atoms with E-state index in [4.69, 9.17) is 4.42 Å². The minimum absolute atomic E-state index is 0.443. The first-order chi connectivity index (χ1) is 7.18. The van der Waals surface area contributed by atoms with Gasteiger partial charge in [-0.15, -0.1) is 0 Å². The Kier molecular flexibility index (Phi) is 5.65. The number of hydrogen-bond donors (Lipinski definition) is 1. The summed E-state index contributed by atoms with van der Waals surface area (Å²) in [5.74, 6) is 1.76. The third-order valence-corrected chi connectivity index (χ3v) is 3.07. The monoisotopic (exact) mass is 229 g/mol. The highest BCUT2D eigenvalue weighted by molar-refractivity contribution is 7.84. The molecule has 0 saturated heterocycles. The van der Waals surface area contributed by atoms with E-state index < -0.39 is 10.8 Å². The highest BCUT2D eigenvalue weighted by Gasteiger charge is 2.03.